The minimum atomic E-state index is -0.525. The Bertz CT molecular complexity index is 602. The second kappa shape index (κ2) is 4.47. The van der Waals surface area contributed by atoms with Gasteiger partial charge >= 0.3 is 0 Å². The molecule has 1 fully saturated rings. The summed E-state index contributed by atoms with van der Waals surface area (Å²) in [5.41, 5.74) is 1.38. The first-order chi connectivity index (χ1) is 8.96. The van der Waals surface area contributed by atoms with Gasteiger partial charge in [0.2, 0.25) is 0 Å². The van der Waals surface area contributed by atoms with E-state index in [0.29, 0.717) is 10.9 Å². The van der Waals surface area contributed by atoms with Crippen LogP contribution in [-0.2, 0) is 6.54 Å². The lowest BCUT2D eigenvalue weighted by Crippen LogP contribution is -2.63. The zero-order chi connectivity index (χ0) is 13.6. The van der Waals surface area contributed by atoms with Gasteiger partial charge in [0.1, 0.15) is 5.65 Å². The van der Waals surface area contributed by atoms with Crippen molar-refractivity contribution in [2.45, 2.75) is 26.0 Å². The van der Waals surface area contributed by atoms with E-state index in [4.69, 9.17) is 11.6 Å². The quantitative estimate of drug-likeness (QED) is 0.936. The van der Waals surface area contributed by atoms with Gasteiger partial charge in [-0.2, -0.15) is 0 Å². The lowest BCUT2D eigenvalue weighted by atomic mass is 9.83. The number of hydrogen-bond donors (Lipinski definition) is 1. The van der Waals surface area contributed by atoms with Crippen molar-refractivity contribution in [1.82, 2.24) is 14.3 Å². The summed E-state index contributed by atoms with van der Waals surface area (Å²) >= 11 is 5.95. The maximum absolute atomic E-state index is 10.2. The van der Waals surface area contributed by atoms with E-state index in [2.05, 4.69) is 23.7 Å². The van der Waals surface area contributed by atoms with Crippen molar-refractivity contribution in [3.8, 4) is 0 Å². The highest BCUT2D eigenvalue weighted by Gasteiger charge is 2.43. The Morgan fingerprint density at radius 2 is 2.11 bits per heavy atom. The molecule has 0 amide bonds. The number of hydrogen-bond acceptors (Lipinski definition) is 3. The van der Waals surface area contributed by atoms with Gasteiger partial charge in [-0.3, -0.25) is 4.90 Å². The van der Waals surface area contributed by atoms with Crippen molar-refractivity contribution in [3.05, 3.63) is 35.2 Å². The van der Waals surface area contributed by atoms with Gasteiger partial charge in [0, 0.05) is 32.0 Å². The lowest BCUT2D eigenvalue weighted by molar-refractivity contribution is -0.131. The molecule has 0 unspecified atom stereocenters. The predicted molar refractivity (Wildman–Crippen MR) is 75.3 cm³/mol. The molecule has 1 aliphatic rings. The average Bonchev–Trinajstić information content (AvgIpc) is 2.67. The topological polar surface area (TPSA) is 40.8 Å². The summed E-state index contributed by atoms with van der Waals surface area (Å²) in [6.07, 6.45) is 3.85. The van der Waals surface area contributed by atoms with Gasteiger partial charge in [-0.15, -0.1) is 0 Å². The minimum Gasteiger partial charge on any atom is -0.387 e. The fraction of sp³-hybridized carbons (Fsp3) is 0.500. The van der Waals surface area contributed by atoms with Gasteiger partial charge in [0.25, 0.3) is 0 Å². The van der Waals surface area contributed by atoms with Crippen molar-refractivity contribution in [2.24, 2.45) is 5.92 Å². The van der Waals surface area contributed by atoms with Gasteiger partial charge < -0.3 is 9.51 Å². The molecule has 0 spiro atoms. The Labute approximate surface area is 117 Å². The maximum Gasteiger partial charge on any atom is 0.137 e. The summed E-state index contributed by atoms with van der Waals surface area (Å²) in [6.45, 7) is 6.33. The Kier molecular flexibility index (Phi) is 3.04. The molecule has 0 aliphatic carbocycles. The largest absolute Gasteiger partial charge is 0.387 e. The number of imidazole rings is 1. The van der Waals surface area contributed by atoms with Crippen LogP contribution in [0.1, 0.15) is 19.5 Å². The van der Waals surface area contributed by atoms with Crippen LogP contribution in [-0.4, -0.2) is 38.1 Å². The van der Waals surface area contributed by atoms with Gasteiger partial charge in [-0.05, 0) is 18.1 Å². The molecule has 3 heterocycles. The zero-order valence-electron chi connectivity index (χ0n) is 11.2. The Morgan fingerprint density at radius 3 is 2.79 bits per heavy atom. The second-order valence-electron chi connectivity index (χ2n) is 5.75. The number of fused-ring (bicyclic) bond motifs is 1. The zero-order valence-corrected chi connectivity index (χ0v) is 11.9. The molecule has 2 aromatic rings. The van der Waals surface area contributed by atoms with Crippen molar-refractivity contribution < 1.29 is 5.11 Å². The van der Waals surface area contributed by atoms with E-state index < -0.39 is 5.60 Å². The van der Waals surface area contributed by atoms with Crippen LogP contribution in [0.2, 0.25) is 5.02 Å². The Hall–Kier alpha value is -1.10. The molecule has 0 radical (unpaired) electrons. The summed E-state index contributed by atoms with van der Waals surface area (Å²) in [4.78, 5) is 6.76. The standard InChI is InChI=1S/C14H18ClN3O/c1-10(2)14(19)8-17(9-14)6-12-7-18-5-11(15)3-4-13(18)16-12/h3-5,7,10,19H,6,8-9H2,1-2H3. The summed E-state index contributed by atoms with van der Waals surface area (Å²) in [5, 5.41) is 10.9. The highest BCUT2D eigenvalue weighted by Crippen LogP contribution is 2.29. The number of aromatic nitrogens is 2. The molecule has 19 heavy (non-hydrogen) atoms. The third kappa shape index (κ3) is 2.36. The summed E-state index contributed by atoms with van der Waals surface area (Å²) in [6, 6.07) is 3.75. The van der Waals surface area contributed by atoms with Crippen molar-refractivity contribution >= 4 is 17.2 Å². The number of nitrogens with zero attached hydrogens (tertiary/aromatic N) is 3. The van der Waals surface area contributed by atoms with Crippen LogP contribution in [0.25, 0.3) is 5.65 Å². The van der Waals surface area contributed by atoms with Gasteiger partial charge in [0.05, 0.1) is 16.3 Å². The van der Waals surface area contributed by atoms with Crippen molar-refractivity contribution in [3.63, 3.8) is 0 Å². The molecule has 0 atom stereocenters. The number of rotatable bonds is 3. The normalized spacial score (nSPS) is 19.0. The SMILES string of the molecule is CC(C)C1(O)CN(Cc2cn3cc(Cl)ccc3n2)C1. The molecule has 1 N–H and O–H groups in total. The first kappa shape index (κ1) is 12.9. The van der Waals surface area contributed by atoms with Gasteiger partial charge in [-0.25, -0.2) is 4.98 Å². The number of aliphatic hydroxyl groups is 1. The number of β-amino-alcohol motifs (C(OH)–C–C–N with tert-alkyl or cyclic N) is 1. The first-order valence-corrected chi connectivity index (χ1v) is 6.92. The Balaban J connectivity index is 1.70. The molecule has 3 rings (SSSR count). The van der Waals surface area contributed by atoms with Crippen LogP contribution < -0.4 is 0 Å². The highest BCUT2D eigenvalue weighted by atomic mass is 35.5. The van der Waals surface area contributed by atoms with Crippen LogP contribution in [0.3, 0.4) is 0 Å². The molecule has 102 valence electrons. The van der Waals surface area contributed by atoms with E-state index in [0.717, 1.165) is 31.0 Å². The van der Waals surface area contributed by atoms with E-state index in [9.17, 15) is 5.11 Å². The molecular weight excluding hydrogens is 262 g/mol. The van der Waals surface area contributed by atoms with Gasteiger partial charge in [0.15, 0.2) is 0 Å². The number of halogens is 1. The number of likely N-dealkylation sites (tertiary alicyclic amines) is 1. The number of pyridine rings is 1. The van der Waals surface area contributed by atoms with Crippen LogP contribution in [0.15, 0.2) is 24.5 Å². The van der Waals surface area contributed by atoms with Crippen LogP contribution in [0, 0.1) is 5.92 Å². The lowest BCUT2D eigenvalue weighted by Gasteiger charge is -2.48. The monoisotopic (exact) mass is 279 g/mol. The smallest absolute Gasteiger partial charge is 0.137 e. The third-order valence-electron chi connectivity index (χ3n) is 3.92. The molecule has 0 bridgehead atoms. The summed E-state index contributed by atoms with van der Waals surface area (Å²) < 4.78 is 1.94. The van der Waals surface area contributed by atoms with E-state index in [-0.39, 0.29) is 0 Å². The fourth-order valence-corrected chi connectivity index (χ4v) is 2.70. The van der Waals surface area contributed by atoms with Crippen LogP contribution in [0.4, 0.5) is 0 Å². The van der Waals surface area contributed by atoms with Gasteiger partial charge in [-0.1, -0.05) is 25.4 Å². The summed E-state index contributed by atoms with van der Waals surface area (Å²) in [7, 11) is 0. The van der Waals surface area contributed by atoms with Crippen molar-refractivity contribution in [1.29, 1.82) is 0 Å². The summed E-state index contributed by atoms with van der Waals surface area (Å²) in [5.74, 6) is 0.295. The molecule has 0 saturated carbocycles. The van der Waals surface area contributed by atoms with Crippen LogP contribution >= 0.6 is 11.6 Å². The second-order valence-corrected chi connectivity index (χ2v) is 6.18. The van der Waals surface area contributed by atoms with E-state index in [1.165, 1.54) is 0 Å². The van der Waals surface area contributed by atoms with E-state index in [1.54, 1.807) is 0 Å². The molecule has 0 aromatic carbocycles. The molecule has 2 aromatic heterocycles. The maximum atomic E-state index is 10.2. The molecular formula is C14H18ClN3O. The van der Waals surface area contributed by atoms with E-state index >= 15 is 0 Å². The molecule has 1 aliphatic heterocycles. The Morgan fingerprint density at radius 1 is 1.37 bits per heavy atom. The molecule has 5 heteroatoms. The van der Waals surface area contributed by atoms with Crippen LogP contribution in [0.5, 0.6) is 0 Å². The third-order valence-corrected chi connectivity index (χ3v) is 4.14. The molecule has 1 saturated heterocycles. The fourth-order valence-electron chi connectivity index (χ4n) is 2.53. The molecule has 4 nitrogen and oxygen atoms in total. The minimum absolute atomic E-state index is 0.295. The van der Waals surface area contributed by atoms with Crippen molar-refractivity contribution in [2.75, 3.05) is 13.1 Å². The predicted octanol–water partition coefficient (Wildman–Crippen LogP) is 2.19. The first-order valence-electron chi connectivity index (χ1n) is 6.54. The average molecular weight is 280 g/mol. The van der Waals surface area contributed by atoms with E-state index in [1.807, 2.05) is 28.9 Å². The highest BCUT2D eigenvalue weighted by molar-refractivity contribution is 6.30.